The first-order valence-corrected chi connectivity index (χ1v) is 12.7. The van der Waals surface area contributed by atoms with Gasteiger partial charge in [-0.2, -0.15) is 5.10 Å². The standard InChI is InChI=1S/C25H28ClN7O4/c1-15-22(31-20-4-3-18(7-19(20)26)33-14-27-12-30-33)28-13-29-23(15)36-21-16-8-32(9-17(21)11-35-10-16)24(34)37-25(2)5-6-25/h3-4,7,12-14,16-17,21H,5-6,8-11H2,1-2H3,(H,28,29,31). The number of likely N-dealkylation sites (tertiary alicyclic amines) is 1. The molecule has 1 saturated carbocycles. The summed E-state index contributed by atoms with van der Waals surface area (Å²) in [4.78, 5) is 27.3. The molecular formula is C25H28ClN7O4. The van der Waals surface area contributed by atoms with E-state index in [1.807, 2.05) is 26.0 Å². The van der Waals surface area contributed by atoms with Crippen LogP contribution in [0.4, 0.5) is 16.3 Å². The number of amides is 1. The van der Waals surface area contributed by atoms with Gasteiger partial charge in [0.05, 0.1) is 35.2 Å². The van der Waals surface area contributed by atoms with Crippen molar-refractivity contribution in [3.63, 3.8) is 0 Å². The third-order valence-corrected chi connectivity index (χ3v) is 7.54. The number of aromatic nitrogens is 5. The van der Waals surface area contributed by atoms with Crippen LogP contribution in [-0.2, 0) is 9.47 Å². The minimum Gasteiger partial charge on any atom is -0.473 e. The lowest BCUT2D eigenvalue weighted by Crippen LogP contribution is -2.59. The molecule has 11 nitrogen and oxygen atoms in total. The van der Waals surface area contributed by atoms with Gasteiger partial charge in [-0.1, -0.05) is 11.6 Å². The number of rotatable bonds is 6. The summed E-state index contributed by atoms with van der Waals surface area (Å²) < 4.78 is 19.6. The number of piperidine rings is 1. The molecular weight excluding hydrogens is 498 g/mol. The molecule has 2 aromatic heterocycles. The fourth-order valence-corrected chi connectivity index (χ4v) is 5.04. The van der Waals surface area contributed by atoms with E-state index < -0.39 is 0 Å². The van der Waals surface area contributed by atoms with Gasteiger partial charge in [0.15, 0.2) is 0 Å². The summed E-state index contributed by atoms with van der Waals surface area (Å²) >= 11 is 6.54. The maximum Gasteiger partial charge on any atom is 0.410 e. The van der Waals surface area contributed by atoms with Crippen LogP contribution >= 0.6 is 11.6 Å². The molecule has 1 aromatic carbocycles. The Hall–Kier alpha value is -3.44. The summed E-state index contributed by atoms with van der Waals surface area (Å²) in [5, 5.41) is 7.93. The second-order valence-corrected chi connectivity index (χ2v) is 10.6. The van der Waals surface area contributed by atoms with Gasteiger partial charge in [-0.25, -0.2) is 24.4 Å². The first-order valence-electron chi connectivity index (χ1n) is 12.3. The number of hydrogen-bond acceptors (Lipinski definition) is 9. The molecule has 4 heterocycles. The maximum atomic E-state index is 12.7. The van der Waals surface area contributed by atoms with Crippen LogP contribution in [0.3, 0.4) is 0 Å². The zero-order valence-corrected chi connectivity index (χ0v) is 21.4. The van der Waals surface area contributed by atoms with Gasteiger partial charge in [0.1, 0.15) is 36.5 Å². The molecule has 3 aromatic rings. The fourth-order valence-electron chi connectivity index (χ4n) is 4.82. The van der Waals surface area contributed by atoms with Crippen molar-refractivity contribution < 1.29 is 19.0 Å². The second kappa shape index (κ2) is 9.46. The molecule has 1 amide bonds. The van der Waals surface area contributed by atoms with E-state index >= 15 is 0 Å². The zero-order valence-electron chi connectivity index (χ0n) is 20.6. The van der Waals surface area contributed by atoms with Crippen LogP contribution in [0.25, 0.3) is 5.69 Å². The summed E-state index contributed by atoms with van der Waals surface area (Å²) in [6, 6.07) is 5.55. The van der Waals surface area contributed by atoms with Gasteiger partial charge in [0.2, 0.25) is 5.88 Å². The van der Waals surface area contributed by atoms with Gasteiger partial charge in [0, 0.05) is 24.9 Å². The normalized spacial score (nSPS) is 23.9. The molecule has 3 aliphatic rings. The van der Waals surface area contributed by atoms with E-state index in [2.05, 4.69) is 25.4 Å². The number of benzene rings is 1. The SMILES string of the molecule is Cc1c(Nc2ccc(-n3cncn3)cc2Cl)ncnc1OC1C2COCC1CN(C(=O)OC1(C)CC1)C2. The van der Waals surface area contributed by atoms with Crippen LogP contribution in [0.1, 0.15) is 25.3 Å². The first-order chi connectivity index (χ1) is 17.9. The number of carbonyl (C=O) groups excluding carboxylic acids is 1. The number of hydrogen-bond donors (Lipinski definition) is 1. The molecule has 2 aliphatic heterocycles. The third kappa shape index (κ3) is 4.93. The van der Waals surface area contributed by atoms with Crippen LogP contribution in [-0.4, -0.2) is 73.7 Å². The average molecular weight is 526 g/mol. The van der Waals surface area contributed by atoms with Crippen molar-refractivity contribution in [3.8, 4) is 11.6 Å². The molecule has 1 aliphatic carbocycles. The maximum absolute atomic E-state index is 12.7. The van der Waals surface area contributed by atoms with E-state index in [0.29, 0.717) is 48.7 Å². The summed E-state index contributed by atoms with van der Waals surface area (Å²) in [7, 11) is 0. The average Bonchev–Trinajstić information content (AvgIpc) is 3.35. The van der Waals surface area contributed by atoms with Crippen molar-refractivity contribution in [2.75, 3.05) is 31.6 Å². The first kappa shape index (κ1) is 23.9. The highest BCUT2D eigenvalue weighted by Gasteiger charge is 2.47. The van der Waals surface area contributed by atoms with Crippen LogP contribution in [0.15, 0.2) is 37.2 Å². The highest BCUT2D eigenvalue weighted by Crippen LogP contribution is 2.40. The molecule has 2 unspecified atom stereocenters. The van der Waals surface area contributed by atoms with Crippen LogP contribution in [0, 0.1) is 18.8 Å². The van der Waals surface area contributed by atoms with Gasteiger partial charge in [-0.05, 0) is 44.9 Å². The number of nitrogens with zero attached hydrogens (tertiary/aromatic N) is 6. The van der Waals surface area contributed by atoms with E-state index in [-0.39, 0.29) is 29.6 Å². The Balaban J connectivity index is 1.16. The van der Waals surface area contributed by atoms with Crippen molar-refractivity contribution >= 4 is 29.2 Å². The van der Waals surface area contributed by atoms with Gasteiger partial charge in [-0.3, -0.25) is 0 Å². The third-order valence-electron chi connectivity index (χ3n) is 7.22. The molecule has 37 heavy (non-hydrogen) atoms. The Morgan fingerprint density at radius 2 is 1.97 bits per heavy atom. The molecule has 2 bridgehead atoms. The van der Waals surface area contributed by atoms with Crippen LogP contribution in [0.5, 0.6) is 5.88 Å². The van der Waals surface area contributed by atoms with Crippen molar-refractivity contribution in [3.05, 3.63) is 47.8 Å². The number of halogens is 1. The van der Waals surface area contributed by atoms with E-state index in [0.717, 1.165) is 24.1 Å². The van der Waals surface area contributed by atoms with Crippen molar-refractivity contribution in [2.45, 2.75) is 38.4 Å². The minimum absolute atomic E-state index is 0.0246. The van der Waals surface area contributed by atoms with Crippen molar-refractivity contribution in [1.82, 2.24) is 29.6 Å². The number of nitrogens with one attached hydrogen (secondary N) is 1. The molecule has 1 N–H and O–H groups in total. The molecule has 0 spiro atoms. The summed E-state index contributed by atoms with van der Waals surface area (Å²) in [5.41, 5.74) is 1.96. The summed E-state index contributed by atoms with van der Waals surface area (Å²) in [6.07, 6.45) is 6.03. The quantitative estimate of drug-likeness (QED) is 0.513. The topological polar surface area (TPSA) is 117 Å². The monoisotopic (exact) mass is 525 g/mol. The molecule has 3 fully saturated rings. The Labute approximate surface area is 219 Å². The zero-order chi connectivity index (χ0) is 25.6. The molecule has 2 saturated heterocycles. The minimum atomic E-state index is -0.295. The van der Waals surface area contributed by atoms with Crippen molar-refractivity contribution in [1.29, 1.82) is 0 Å². The largest absolute Gasteiger partial charge is 0.473 e. The molecule has 194 valence electrons. The fraction of sp³-hybridized carbons (Fsp3) is 0.480. The highest BCUT2D eigenvalue weighted by molar-refractivity contribution is 6.33. The van der Waals surface area contributed by atoms with E-state index in [9.17, 15) is 4.79 Å². The number of ether oxygens (including phenoxy) is 3. The van der Waals surface area contributed by atoms with Gasteiger partial charge < -0.3 is 24.4 Å². The summed E-state index contributed by atoms with van der Waals surface area (Å²) in [6.45, 7) is 5.98. The highest BCUT2D eigenvalue weighted by atomic mass is 35.5. The van der Waals surface area contributed by atoms with Gasteiger partial charge in [0.25, 0.3) is 0 Å². The lowest BCUT2D eigenvalue weighted by molar-refractivity contribution is -0.111. The Morgan fingerprint density at radius 1 is 1.19 bits per heavy atom. The number of anilines is 2. The van der Waals surface area contributed by atoms with Gasteiger partial charge >= 0.3 is 6.09 Å². The smallest absolute Gasteiger partial charge is 0.410 e. The van der Waals surface area contributed by atoms with E-state index in [4.69, 9.17) is 25.8 Å². The molecule has 12 heteroatoms. The second-order valence-electron chi connectivity index (χ2n) is 10.1. The van der Waals surface area contributed by atoms with E-state index in [1.165, 1.54) is 12.7 Å². The van der Waals surface area contributed by atoms with E-state index in [1.54, 1.807) is 22.0 Å². The Bertz CT molecular complexity index is 1290. The Kier molecular flexibility index (Phi) is 6.12. The summed E-state index contributed by atoms with van der Waals surface area (Å²) in [5.74, 6) is 1.14. The number of fused-ring (bicyclic) bond motifs is 2. The lowest BCUT2D eigenvalue weighted by atomic mass is 9.84. The lowest BCUT2D eigenvalue weighted by Gasteiger charge is -2.46. The van der Waals surface area contributed by atoms with Gasteiger partial charge in [-0.15, -0.1) is 0 Å². The number of carbonyl (C=O) groups is 1. The molecule has 0 radical (unpaired) electrons. The van der Waals surface area contributed by atoms with Crippen molar-refractivity contribution in [2.24, 2.45) is 11.8 Å². The van der Waals surface area contributed by atoms with Crippen LogP contribution in [0.2, 0.25) is 5.02 Å². The predicted octanol–water partition coefficient (Wildman–Crippen LogP) is 3.78. The molecule has 6 rings (SSSR count). The predicted molar refractivity (Wildman–Crippen MR) is 134 cm³/mol. The Morgan fingerprint density at radius 3 is 2.65 bits per heavy atom. The molecule has 2 atom stereocenters. The van der Waals surface area contributed by atoms with Crippen LogP contribution < -0.4 is 10.1 Å².